The molecule has 3 nitrogen and oxygen atoms in total. The molecule has 0 aliphatic heterocycles. The van der Waals surface area contributed by atoms with Gasteiger partial charge in [0.1, 0.15) is 11.6 Å². The first-order chi connectivity index (χ1) is 8.16. The number of hydrogen-bond acceptors (Lipinski definition) is 2. The Balaban J connectivity index is 2.13. The molecule has 0 radical (unpaired) electrons. The maximum absolute atomic E-state index is 13.6. The lowest BCUT2D eigenvalue weighted by Crippen LogP contribution is -2.01. The zero-order valence-corrected chi connectivity index (χ0v) is 10.1. The van der Waals surface area contributed by atoms with Crippen LogP contribution in [-0.4, -0.2) is 14.8 Å². The smallest absolute Gasteiger partial charge is 0.229 e. The van der Waals surface area contributed by atoms with Gasteiger partial charge in [-0.25, -0.2) is 4.39 Å². The van der Waals surface area contributed by atoms with Gasteiger partial charge in [0.2, 0.25) is 5.28 Å². The molecule has 1 aliphatic rings. The van der Waals surface area contributed by atoms with Crippen LogP contribution in [0.15, 0.2) is 18.2 Å². The molecule has 1 heterocycles. The molecule has 1 aliphatic carbocycles. The molecular weight excluding hydrogens is 241 g/mol. The van der Waals surface area contributed by atoms with Gasteiger partial charge in [0.05, 0.1) is 5.69 Å². The second kappa shape index (κ2) is 3.81. The van der Waals surface area contributed by atoms with Crippen molar-refractivity contribution in [2.45, 2.75) is 25.7 Å². The van der Waals surface area contributed by atoms with E-state index in [9.17, 15) is 4.39 Å². The Morgan fingerprint density at radius 1 is 1.35 bits per heavy atom. The number of rotatable bonds is 2. The Hall–Kier alpha value is -1.42. The summed E-state index contributed by atoms with van der Waals surface area (Å²) < 4.78 is 15.3. The van der Waals surface area contributed by atoms with E-state index >= 15 is 0 Å². The van der Waals surface area contributed by atoms with Gasteiger partial charge in [-0.1, -0.05) is 6.07 Å². The molecule has 0 unspecified atom stereocenters. The van der Waals surface area contributed by atoms with Crippen molar-refractivity contribution in [1.82, 2.24) is 14.8 Å². The monoisotopic (exact) mass is 251 g/mol. The summed E-state index contributed by atoms with van der Waals surface area (Å²) in [4.78, 5) is 0. The predicted octanol–water partition coefficient (Wildman–Crippen LogP) is 3.25. The number of aromatic nitrogens is 3. The normalized spacial score (nSPS) is 15.2. The highest BCUT2D eigenvalue weighted by Crippen LogP contribution is 2.40. The van der Waals surface area contributed by atoms with E-state index in [1.165, 1.54) is 6.07 Å². The standard InChI is InChI=1S/C12H11ClFN3/c1-7-2-5-9(6-10(7)14)17-11(8-3-4-8)15-16-12(17)13/h2,5-6,8H,3-4H2,1H3. The van der Waals surface area contributed by atoms with Crippen LogP contribution in [0, 0.1) is 12.7 Å². The fourth-order valence-electron chi connectivity index (χ4n) is 1.84. The van der Waals surface area contributed by atoms with Crippen LogP contribution in [0.1, 0.15) is 30.1 Å². The van der Waals surface area contributed by atoms with Crippen LogP contribution >= 0.6 is 11.6 Å². The summed E-state index contributed by atoms with van der Waals surface area (Å²) in [5, 5.41) is 8.21. The topological polar surface area (TPSA) is 30.7 Å². The molecule has 1 aromatic carbocycles. The van der Waals surface area contributed by atoms with E-state index in [1.807, 2.05) is 6.07 Å². The fraction of sp³-hybridized carbons (Fsp3) is 0.333. The van der Waals surface area contributed by atoms with E-state index in [1.54, 1.807) is 17.6 Å². The zero-order chi connectivity index (χ0) is 12.0. The summed E-state index contributed by atoms with van der Waals surface area (Å²) in [5.41, 5.74) is 1.30. The lowest BCUT2D eigenvalue weighted by molar-refractivity contribution is 0.617. The third-order valence-electron chi connectivity index (χ3n) is 3.00. The van der Waals surface area contributed by atoms with E-state index < -0.39 is 0 Å². The van der Waals surface area contributed by atoms with Crippen LogP contribution in [-0.2, 0) is 0 Å². The van der Waals surface area contributed by atoms with Gasteiger partial charge in [-0.15, -0.1) is 10.2 Å². The van der Waals surface area contributed by atoms with E-state index in [-0.39, 0.29) is 11.1 Å². The lowest BCUT2D eigenvalue weighted by Gasteiger charge is -2.08. The minimum Gasteiger partial charge on any atom is -0.269 e. The van der Waals surface area contributed by atoms with Crippen molar-refractivity contribution in [2.24, 2.45) is 0 Å². The molecular formula is C12H11ClFN3. The third-order valence-corrected chi connectivity index (χ3v) is 3.25. The van der Waals surface area contributed by atoms with Gasteiger partial charge in [-0.05, 0) is 49.1 Å². The van der Waals surface area contributed by atoms with Gasteiger partial charge in [0.15, 0.2) is 0 Å². The number of benzene rings is 1. The Morgan fingerprint density at radius 2 is 2.12 bits per heavy atom. The maximum atomic E-state index is 13.6. The summed E-state index contributed by atoms with van der Waals surface area (Å²) in [5.74, 6) is 1.01. The van der Waals surface area contributed by atoms with E-state index in [4.69, 9.17) is 11.6 Å². The average molecular weight is 252 g/mol. The summed E-state index contributed by atoms with van der Waals surface area (Å²) in [6.07, 6.45) is 2.20. The average Bonchev–Trinajstić information content (AvgIpc) is 3.07. The van der Waals surface area contributed by atoms with Crippen LogP contribution < -0.4 is 0 Å². The SMILES string of the molecule is Cc1ccc(-n2c(Cl)nnc2C2CC2)cc1F. The molecule has 5 heteroatoms. The second-order valence-corrected chi connectivity index (χ2v) is 4.71. The largest absolute Gasteiger partial charge is 0.269 e. The molecule has 0 saturated heterocycles. The van der Waals surface area contributed by atoms with Crippen LogP contribution in [0.3, 0.4) is 0 Å². The summed E-state index contributed by atoms with van der Waals surface area (Å²) >= 11 is 6.01. The second-order valence-electron chi connectivity index (χ2n) is 4.37. The van der Waals surface area contributed by atoms with Crippen molar-refractivity contribution in [2.75, 3.05) is 0 Å². The first-order valence-corrected chi connectivity index (χ1v) is 5.92. The Morgan fingerprint density at radius 3 is 2.76 bits per heavy atom. The minimum atomic E-state index is -0.242. The van der Waals surface area contributed by atoms with Crippen LogP contribution in [0.4, 0.5) is 4.39 Å². The molecule has 0 spiro atoms. The molecule has 0 amide bonds. The highest BCUT2D eigenvalue weighted by Gasteiger charge is 2.30. The maximum Gasteiger partial charge on any atom is 0.229 e. The van der Waals surface area contributed by atoms with Gasteiger partial charge in [-0.2, -0.15) is 0 Å². The van der Waals surface area contributed by atoms with E-state index in [0.29, 0.717) is 17.2 Å². The number of nitrogens with zero attached hydrogens (tertiary/aromatic N) is 3. The lowest BCUT2D eigenvalue weighted by atomic mass is 10.2. The number of aryl methyl sites for hydroxylation is 1. The van der Waals surface area contributed by atoms with Crippen molar-refractivity contribution in [3.8, 4) is 5.69 Å². The summed E-state index contributed by atoms with van der Waals surface area (Å²) in [7, 11) is 0. The molecule has 1 aromatic heterocycles. The Labute approximate surface area is 103 Å². The van der Waals surface area contributed by atoms with E-state index in [2.05, 4.69) is 10.2 Å². The van der Waals surface area contributed by atoms with Crippen molar-refractivity contribution in [3.63, 3.8) is 0 Å². The van der Waals surface area contributed by atoms with Crippen molar-refractivity contribution < 1.29 is 4.39 Å². The molecule has 0 bridgehead atoms. The first kappa shape index (κ1) is 10.7. The molecule has 0 N–H and O–H groups in total. The number of halogens is 2. The minimum absolute atomic E-state index is 0.242. The highest BCUT2D eigenvalue weighted by atomic mass is 35.5. The predicted molar refractivity (Wildman–Crippen MR) is 63.0 cm³/mol. The van der Waals surface area contributed by atoms with Gasteiger partial charge < -0.3 is 0 Å². The highest BCUT2D eigenvalue weighted by molar-refractivity contribution is 6.28. The zero-order valence-electron chi connectivity index (χ0n) is 9.32. The van der Waals surface area contributed by atoms with Gasteiger partial charge in [-0.3, -0.25) is 4.57 Å². The van der Waals surface area contributed by atoms with Gasteiger partial charge in [0, 0.05) is 5.92 Å². The first-order valence-electron chi connectivity index (χ1n) is 5.54. The molecule has 3 rings (SSSR count). The molecule has 1 saturated carbocycles. The van der Waals surface area contributed by atoms with Crippen LogP contribution in [0.5, 0.6) is 0 Å². The third kappa shape index (κ3) is 1.82. The van der Waals surface area contributed by atoms with Gasteiger partial charge in [0.25, 0.3) is 0 Å². The molecule has 1 fully saturated rings. The Bertz CT molecular complexity index is 575. The van der Waals surface area contributed by atoms with Crippen molar-refractivity contribution in [3.05, 3.63) is 40.7 Å². The molecule has 0 atom stereocenters. The van der Waals surface area contributed by atoms with Crippen molar-refractivity contribution >= 4 is 11.6 Å². The fourth-order valence-corrected chi connectivity index (χ4v) is 2.06. The van der Waals surface area contributed by atoms with Crippen LogP contribution in [0.25, 0.3) is 5.69 Å². The van der Waals surface area contributed by atoms with Crippen LogP contribution in [0.2, 0.25) is 5.28 Å². The van der Waals surface area contributed by atoms with Crippen molar-refractivity contribution in [1.29, 1.82) is 0 Å². The molecule has 17 heavy (non-hydrogen) atoms. The quantitative estimate of drug-likeness (QED) is 0.820. The number of hydrogen-bond donors (Lipinski definition) is 0. The molecule has 88 valence electrons. The summed E-state index contributed by atoms with van der Waals surface area (Å²) in [6.45, 7) is 1.73. The summed E-state index contributed by atoms with van der Waals surface area (Å²) in [6, 6.07) is 5.04. The molecule has 2 aromatic rings. The van der Waals surface area contributed by atoms with Gasteiger partial charge >= 0.3 is 0 Å². The van der Waals surface area contributed by atoms with E-state index in [0.717, 1.165) is 18.7 Å². The Kier molecular flexibility index (Phi) is 2.40.